The number of carbonyl (C=O) groups is 1. The van der Waals surface area contributed by atoms with Crippen LogP contribution in [0.15, 0.2) is 12.1 Å². The van der Waals surface area contributed by atoms with E-state index in [0.29, 0.717) is 5.56 Å². The number of nitrogens with zero attached hydrogens (tertiary/aromatic N) is 1. The van der Waals surface area contributed by atoms with E-state index in [9.17, 15) is 4.79 Å². The van der Waals surface area contributed by atoms with Gasteiger partial charge in [0.1, 0.15) is 11.0 Å². The first kappa shape index (κ1) is 12.2. The van der Waals surface area contributed by atoms with Gasteiger partial charge < -0.3 is 11.1 Å². The van der Waals surface area contributed by atoms with Crippen LogP contribution >= 0.6 is 11.6 Å². The van der Waals surface area contributed by atoms with Crippen LogP contribution in [0, 0.1) is 0 Å². The summed E-state index contributed by atoms with van der Waals surface area (Å²) < 4.78 is 0. The zero-order valence-corrected chi connectivity index (χ0v) is 10.5. The van der Waals surface area contributed by atoms with E-state index in [0.717, 1.165) is 19.3 Å². The Morgan fingerprint density at radius 2 is 2.29 bits per heavy atom. The lowest BCUT2D eigenvalue weighted by molar-refractivity contribution is 0.0820. The maximum Gasteiger partial charge on any atom is 0.251 e. The van der Waals surface area contributed by atoms with Crippen molar-refractivity contribution in [3.8, 4) is 0 Å². The van der Waals surface area contributed by atoms with Crippen LogP contribution in [0.5, 0.6) is 0 Å². The van der Waals surface area contributed by atoms with Crippen LogP contribution in [-0.2, 0) is 0 Å². The van der Waals surface area contributed by atoms with Crippen molar-refractivity contribution < 1.29 is 4.79 Å². The minimum Gasteiger partial charge on any atom is -0.384 e. The molecule has 2 rings (SSSR count). The number of carbonyl (C=O) groups excluding carboxylic acids is 1. The molecule has 3 N–H and O–H groups in total. The SMILES string of the molecule is CCC1(NC(=O)c2cc(N)nc(Cl)c2)CCC1. The van der Waals surface area contributed by atoms with Crippen molar-refractivity contribution in [2.45, 2.75) is 38.1 Å². The summed E-state index contributed by atoms with van der Waals surface area (Å²) in [6.07, 6.45) is 4.22. The summed E-state index contributed by atoms with van der Waals surface area (Å²) in [4.78, 5) is 15.9. The highest BCUT2D eigenvalue weighted by molar-refractivity contribution is 6.29. The van der Waals surface area contributed by atoms with Crippen LogP contribution in [0.1, 0.15) is 43.0 Å². The first-order chi connectivity index (χ1) is 8.04. The van der Waals surface area contributed by atoms with Crippen molar-refractivity contribution in [2.24, 2.45) is 0 Å². The highest BCUT2D eigenvalue weighted by Gasteiger charge is 2.36. The van der Waals surface area contributed by atoms with E-state index in [1.165, 1.54) is 12.5 Å². The van der Waals surface area contributed by atoms with E-state index in [-0.39, 0.29) is 22.4 Å². The van der Waals surface area contributed by atoms with Gasteiger partial charge in [-0.2, -0.15) is 0 Å². The maximum absolute atomic E-state index is 12.1. The fourth-order valence-electron chi connectivity index (χ4n) is 2.13. The van der Waals surface area contributed by atoms with Crippen LogP contribution in [0.4, 0.5) is 5.82 Å². The second-order valence-electron chi connectivity index (χ2n) is 4.54. The normalized spacial score (nSPS) is 17.3. The summed E-state index contributed by atoms with van der Waals surface area (Å²) in [6.45, 7) is 2.09. The number of nitrogen functional groups attached to an aromatic ring is 1. The number of amides is 1. The number of hydrogen-bond donors (Lipinski definition) is 2. The lowest BCUT2D eigenvalue weighted by Gasteiger charge is -2.42. The summed E-state index contributed by atoms with van der Waals surface area (Å²) >= 11 is 5.78. The molecule has 4 nitrogen and oxygen atoms in total. The molecule has 0 radical (unpaired) electrons. The van der Waals surface area contributed by atoms with E-state index >= 15 is 0 Å². The highest BCUT2D eigenvalue weighted by atomic mass is 35.5. The number of rotatable bonds is 3. The quantitative estimate of drug-likeness (QED) is 0.813. The Bertz CT molecular complexity index is 418. The Kier molecular flexibility index (Phi) is 3.24. The molecule has 1 saturated carbocycles. The Hall–Kier alpha value is -1.29. The minimum atomic E-state index is -0.123. The lowest BCUT2D eigenvalue weighted by atomic mass is 9.74. The van der Waals surface area contributed by atoms with E-state index in [4.69, 9.17) is 17.3 Å². The van der Waals surface area contributed by atoms with Crippen molar-refractivity contribution in [2.75, 3.05) is 5.73 Å². The average molecular weight is 254 g/mol. The highest BCUT2D eigenvalue weighted by Crippen LogP contribution is 2.34. The Balaban J connectivity index is 2.14. The van der Waals surface area contributed by atoms with Gasteiger partial charge in [-0.1, -0.05) is 18.5 Å². The zero-order chi connectivity index (χ0) is 12.5. The first-order valence-corrected chi connectivity index (χ1v) is 6.18. The molecule has 17 heavy (non-hydrogen) atoms. The van der Waals surface area contributed by atoms with Crippen molar-refractivity contribution >= 4 is 23.3 Å². The molecule has 1 amide bonds. The molecule has 0 unspecified atom stereocenters. The molecule has 0 aliphatic heterocycles. The monoisotopic (exact) mass is 253 g/mol. The zero-order valence-electron chi connectivity index (χ0n) is 9.79. The van der Waals surface area contributed by atoms with E-state index in [2.05, 4.69) is 17.2 Å². The van der Waals surface area contributed by atoms with Crippen LogP contribution < -0.4 is 11.1 Å². The standard InChI is InChI=1S/C12H16ClN3O/c1-2-12(4-3-5-12)16-11(17)8-6-9(13)15-10(14)7-8/h6-7H,2-5H2,1H3,(H2,14,15)(H,16,17). The first-order valence-electron chi connectivity index (χ1n) is 5.80. The molecular weight excluding hydrogens is 238 g/mol. The fraction of sp³-hybridized carbons (Fsp3) is 0.500. The maximum atomic E-state index is 12.1. The number of hydrogen-bond acceptors (Lipinski definition) is 3. The molecule has 0 atom stereocenters. The number of aromatic nitrogens is 1. The molecule has 1 aliphatic carbocycles. The van der Waals surface area contributed by atoms with Crippen molar-refractivity contribution in [3.63, 3.8) is 0 Å². The van der Waals surface area contributed by atoms with Crippen LogP contribution in [0.2, 0.25) is 5.15 Å². The lowest BCUT2D eigenvalue weighted by Crippen LogP contribution is -2.52. The molecule has 1 heterocycles. The number of anilines is 1. The molecule has 0 aromatic carbocycles. The topological polar surface area (TPSA) is 68.0 Å². The van der Waals surface area contributed by atoms with Gasteiger partial charge in [0.2, 0.25) is 0 Å². The Morgan fingerprint density at radius 1 is 1.59 bits per heavy atom. The molecular formula is C12H16ClN3O. The van der Waals surface area contributed by atoms with Crippen molar-refractivity contribution in [1.82, 2.24) is 10.3 Å². The fourth-order valence-corrected chi connectivity index (χ4v) is 2.35. The smallest absolute Gasteiger partial charge is 0.251 e. The van der Waals surface area contributed by atoms with Crippen molar-refractivity contribution in [3.05, 3.63) is 22.8 Å². The van der Waals surface area contributed by atoms with Gasteiger partial charge in [0, 0.05) is 11.1 Å². The molecule has 1 aliphatic rings. The van der Waals surface area contributed by atoms with Gasteiger partial charge >= 0.3 is 0 Å². The molecule has 5 heteroatoms. The summed E-state index contributed by atoms with van der Waals surface area (Å²) in [5.41, 5.74) is 6.01. The van der Waals surface area contributed by atoms with Crippen molar-refractivity contribution in [1.29, 1.82) is 0 Å². The molecule has 0 bridgehead atoms. The summed E-state index contributed by atoms with van der Waals surface area (Å²) in [6, 6.07) is 3.08. The van der Waals surface area contributed by atoms with Crippen LogP contribution in [-0.4, -0.2) is 16.4 Å². The predicted molar refractivity (Wildman–Crippen MR) is 68.0 cm³/mol. The third kappa shape index (κ3) is 2.52. The van der Waals surface area contributed by atoms with E-state index in [1.54, 1.807) is 6.07 Å². The number of pyridine rings is 1. The largest absolute Gasteiger partial charge is 0.384 e. The number of halogens is 1. The second-order valence-corrected chi connectivity index (χ2v) is 4.93. The molecule has 92 valence electrons. The molecule has 0 spiro atoms. The van der Waals surface area contributed by atoms with Gasteiger partial charge in [0.25, 0.3) is 5.91 Å². The molecule has 0 saturated heterocycles. The van der Waals surface area contributed by atoms with Gasteiger partial charge in [-0.3, -0.25) is 4.79 Å². The Morgan fingerprint density at radius 3 is 2.76 bits per heavy atom. The molecule has 1 aromatic rings. The van der Waals surface area contributed by atoms with Gasteiger partial charge in [0.15, 0.2) is 0 Å². The van der Waals surface area contributed by atoms with Crippen LogP contribution in [0.3, 0.4) is 0 Å². The average Bonchev–Trinajstić information content (AvgIpc) is 2.21. The summed E-state index contributed by atoms with van der Waals surface area (Å²) in [5.74, 6) is 0.143. The summed E-state index contributed by atoms with van der Waals surface area (Å²) in [7, 11) is 0. The van der Waals surface area contributed by atoms with Gasteiger partial charge in [-0.25, -0.2) is 4.98 Å². The van der Waals surface area contributed by atoms with E-state index in [1.807, 2.05) is 0 Å². The minimum absolute atomic E-state index is 0.0262. The number of nitrogens with two attached hydrogens (primary N) is 1. The molecule has 1 aromatic heterocycles. The third-order valence-electron chi connectivity index (χ3n) is 3.44. The molecule has 1 fully saturated rings. The van der Waals surface area contributed by atoms with E-state index < -0.39 is 0 Å². The van der Waals surface area contributed by atoms with Gasteiger partial charge in [-0.05, 0) is 37.8 Å². The summed E-state index contributed by atoms with van der Waals surface area (Å²) in [5, 5.41) is 3.31. The van der Waals surface area contributed by atoms with Crippen LogP contribution in [0.25, 0.3) is 0 Å². The second kappa shape index (κ2) is 4.53. The van der Waals surface area contributed by atoms with Gasteiger partial charge in [0.05, 0.1) is 0 Å². The Labute approximate surface area is 106 Å². The van der Waals surface area contributed by atoms with Gasteiger partial charge in [-0.15, -0.1) is 0 Å². The third-order valence-corrected chi connectivity index (χ3v) is 3.64. The predicted octanol–water partition coefficient (Wildman–Crippen LogP) is 2.38. The number of nitrogens with one attached hydrogen (secondary N) is 1.